The first-order chi connectivity index (χ1) is 8.54. The molecule has 0 unspecified atom stereocenters. The van der Waals surface area contributed by atoms with Crippen LogP contribution in [0.3, 0.4) is 0 Å². The lowest BCUT2D eigenvalue weighted by Crippen LogP contribution is -2.49. The molecule has 5 heteroatoms. The normalized spacial score (nSPS) is 27.9. The maximum Gasteiger partial charge on any atom is 0.344 e. The lowest BCUT2D eigenvalue weighted by molar-refractivity contribution is -0.0296. The van der Waals surface area contributed by atoms with Gasteiger partial charge in [0.2, 0.25) is 8.32 Å². The van der Waals surface area contributed by atoms with Crippen LogP contribution in [0, 0.1) is 0 Å². The number of carbonyl (C=O) groups excluding carboxylic acids is 1. The van der Waals surface area contributed by atoms with Gasteiger partial charge in [-0.1, -0.05) is 32.4 Å². The molecule has 2 rings (SSSR count). The molecule has 0 radical (unpaired) electrons. The molecular formula is C14H26N2O2Si. The summed E-state index contributed by atoms with van der Waals surface area (Å²) in [7, 11) is -1.97. The fraction of sp³-hybridized carbons (Fsp3) is 0.786. The number of carbonyl (C=O) groups is 1. The summed E-state index contributed by atoms with van der Waals surface area (Å²) < 4.78 is 6.22. The highest BCUT2D eigenvalue weighted by Gasteiger charge is 2.48. The third-order valence-corrected chi connectivity index (χ3v) is 9.10. The summed E-state index contributed by atoms with van der Waals surface area (Å²) in [6.45, 7) is 15.9. The van der Waals surface area contributed by atoms with E-state index in [2.05, 4.69) is 53.8 Å². The van der Waals surface area contributed by atoms with E-state index in [1.807, 2.05) is 4.90 Å². The number of rotatable bonds is 2. The maximum absolute atomic E-state index is 12.5. The van der Waals surface area contributed by atoms with Gasteiger partial charge in [0.15, 0.2) is 0 Å². The van der Waals surface area contributed by atoms with Crippen molar-refractivity contribution in [2.75, 3.05) is 6.54 Å². The predicted octanol–water partition coefficient (Wildman–Crippen LogP) is 3.38. The van der Waals surface area contributed by atoms with Crippen LogP contribution in [0.1, 0.15) is 34.6 Å². The first kappa shape index (κ1) is 14.6. The highest BCUT2D eigenvalue weighted by Crippen LogP contribution is 2.39. The Bertz CT molecular complexity index is 426. The molecule has 2 bridgehead atoms. The Morgan fingerprint density at radius 1 is 1.37 bits per heavy atom. The van der Waals surface area contributed by atoms with Crippen LogP contribution in [-0.2, 0) is 4.53 Å². The molecular weight excluding hydrogens is 256 g/mol. The van der Waals surface area contributed by atoms with Crippen molar-refractivity contribution < 1.29 is 9.32 Å². The van der Waals surface area contributed by atoms with Crippen LogP contribution < -0.4 is 0 Å². The first-order valence-corrected chi connectivity index (χ1v) is 9.93. The zero-order valence-corrected chi connectivity index (χ0v) is 14.2. The molecule has 0 aliphatic carbocycles. The Morgan fingerprint density at radius 3 is 2.47 bits per heavy atom. The van der Waals surface area contributed by atoms with Crippen molar-refractivity contribution in [2.24, 2.45) is 0 Å². The second kappa shape index (κ2) is 4.35. The molecule has 4 nitrogen and oxygen atoms in total. The summed E-state index contributed by atoms with van der Waals surface area (Å²) in [6.07, 6.45) is 2.18. The van der Waals surface area contributed by atoms with Gasteiger partial charge in [0.05, 0.1) is 12.1 Å². The van der Waals surface area contributed by atoms with E-state index in [-0.39, 0.29) is 23.2 Å². The van der Waals surface area contributed by atoms with Gasteiger partial charge in [-0.05, 0) is 32.0 Å². The molecule has 0 aromatic rings. The van der Waals surface area contributed by atoms with Gasteiger partial charge in [-0.3, -0.25) is 0 Å². The van der Waals surface area contributed by atoms with E-state index in [4.69, 9.17) is 4.53 Å². The third-order valence-electron chi connectivity index (χ3n) is 4.83. The monoisotopic (exact) mass is 282 g/mol. The topological polar surface area (TPSA) is 32.8 Å². The summed E-state index contributed by atoms with van der Waals surface area (Å²) in [5.41, 5.74) is 1.26. The van der Waals surface area contributed by atoms with Crippen LogP contribution in [-0.4, -0.2) is 42.9 Å². The smallest absolute Gasteiger partial charge is 0.315 e. The number of amides is 2. The molecule has 19 heavy (non-hydrogen) atoms. The highest BCUT2D eigenvalue weighted by molar-refractivity contribution is 6.74. The van der Waals surface area contributed by atoms with Crippen LogP contribution in [0.2, 0.25) is 18.1 Å². The Balaban J connectivity index is 2.22. The number of fused-ring (bicyclic) bond motifs is 2. The molecule has 0 aromatic carbocycles. The van der Waals surface area contributed by atoms with Crippen molar-refractivity contribution in [1.82, 2.24) is 9.96 Å². The zero-order chi connectivity index (χ0) is 14.6. The van der Waals surface area contributed by atoms with Crippen LogP contribution in [0.25, 0.3) is 0 Å². The molecule has 0 saturated carbocycles. The van der Waals surface area contributed by atoms with Crippen molar-refractivity contribution in [2.45, 2.75) is 64.8 Å². The largest absolute Gasteiger partial charge is 0.344 e. The van der Waals surface area contributed by atoms with Gasteiger partial charge in [0, 0.05) is 6.54 Å². The number of hydrogen-bond acceptors (Lipinski definition) is 2. The van der Waals surface area contributed by atoms with E-state index < -0.39 is 8.32 Å². The molecule has 2 amide bonds. The molecule has 0 N–H and O–H groups in total. The maximum atomic E-state index is 12.5. The van der Waals surface area contributed by atoms with Gasteiger partial charge in [-0.25, -0.2) is 9.86 Å². The van der Waals surface area contributed by atoms with Crippen molar-refractivity contribution in [3.8, 4) is 0 Å². The molecule has 1 fully saturated rings. The van der Waals surface area contributed by atoms with Crippen molar-refractivity contribution in [3.05, 3.63) is 11.6 Å². The van der Waals surface area contributed by atoms with Crippen molar-refractivity contribution in [3.63, 3.8) is 0 Å². The van der Waals surface area contributed by atoms with Gasteiger partial charge >= 0.3 is 6.03 Å². The average Bonchev–Trinajstić information content (AvgIpc) is 2.50. The van der Waals surface area contributed by atoms with Gasteiger partial charge in [0.1, 0.15) is 0 Å². The lowest BCUT2D eigenvalue weighted by atomic mass is 10.0. The molecule has 0 aromatic heterocycles. The van der Waals surface area contributed by atoms with Crippen LogP contribution >= 0.6 is 0 Å². The number of urea groups is 1. The van der Waals surface area contributed by atoms with Gasteiger partial charge < -0.3 is 9.43 Å². The summed E-state index contributed by atoms with van der Waals surface area (Å²) in [5.74, 6) is 0. The molecule has 108 valence electrons. The Hall–Kier alpha value is -0.813. The molecule has 2 heterocycles. The third kappa shape index (κ3) is 2.34. The number of hydrogen-bond donors (Lipinski definition) is 0. The Morgan fingerprint density at radius 2 is 1.95 bits per heavy atom. The summed E-state index contributed by atoms with van der Waals surface area (Å²) in [4.78, 5) is 14.4. The summed E-state index contributed by atoms with van der Waals surface area (Å²) >= 11 is 0. The molecule has 0 spiro atoms. The Kier molecular flexibility index (Phi) is 3.34. The summed E-state index contributed by atoms with van der Waals surface area (Å²) in [6, 6.07) is 0.296. The number of hydroxylamine groups is 2. The minimum Gasteiger partial charge on any atom is -0.315 e. The SMILES string of the molecule is CC1=C[C@H]2CN(C(=O)N2O[Si](C)(C)C(C)(C)C)[C@@H]1C. The quantitative estimate of drug-likeness (QED) is 0.574. The van der Waals surface area contributed by atoms with E-state index in [9.17, 15) is 4.79 Å². The average molecular weight is 282 g/mol. The highest BCUT2D eigenvalue weighted by atomic mass is 28.4. The predicted molar refractivity (Wildman–Crippen MR) is 79.2 cm³/mol. The molecule has 1 saturated heterocycles. The molecule has 2 aliphatic rings. The van der Waals surface area contributed by atoms with Gasteiger partial charge in [0.25, 0.3) is 0 Å². The fourth-order valence-corrected chi connectivity index (χ4v) is 3.22. The molecule has 2 aliphatic heterocycles. The van der Waals surface area contributed by atoms with Crippen LogP contribution in [0.15, 0.2) is 11.6 Å². The minimum absolute atomic E-state index is 0.0235. The van der Waals surface area contributed by atoms with Crippen LogP contribution in [0.5, 0.6) is 0 Å². The van der Waals surface area contributed by atoms with Crippen molar-refractivity contribution >= 4 is 14.3 Å². The minimum atomic E-state index is -1.97. The zero-order valence-electron chi connectivity index (χ0n) is 13.2. The second-order valence-electron chi connectivity index (χ2n) is 7.27. The van der Waals surface area contributed by atoms with E-state index in [0.29, 0.717) is 0 Å². The van der Waals surface area contributed by atoms with E-state index in [0.717, 1.165) is 6.54 Å². The van der Waals surface area contributed by atoms with E-state index >= 15 is 0 Å². The second-order valence-corrected chi connectivity index (χ2v) is 12.0. The Labute approximate surface area is 117 Å². The lowest BCUT2D eigenvalue weighted by Gasteiger charge is -2.39. The molecule has 2 atom stereocenters. The summed E-state index contributed by atoms with van der Waals surface area (Å²) in [5, 5.41) is 1.73. The first-order valence-electron chi connectivity index (χ1n) is 7.02. The van der Waals surface area contributed by atoms with Crippen LogP contribution in [0.4, 0.5) is 4.79 Å². The number of nitrogens with zero attached hydrogens (tertiary/aromatic N) is 2. The van der Waals surface area contributed by atoms with E-state index in [1.54, 1.807) is 5.06 Å². The standard InChI is InChI=1S/C14H26N2O2Si/c1-10-8-12-9-15(11(10)2)13(17)16(12)18-19(6,7)14(3,4)5/h8,11-12H,9H2,1-7H3/t11-,12+/m1/s1. The van der Waals surface area contributed by atoms with Gasteiger partial charge in [-0.15, -0.1) is 0 Å². The van der Waals surface area contributed by atoms with Crippen molar-refractivity contribution in [1.29, 1.82) is 0 Å². The fourth-order valence-electron chi connectivity index (χ4n) is 2.24. The van der Waals surface area contributed by atoms with E-state index in [1.165, 1.54) is 5.57 Å². The van der Waals surface area contributed by atoms with Gasteiger partial charge in [-0.2, -0.15) is 0 Å².